The Balaban J connectivity index is 1.51. The van der Waals surface area contributed by atoms with Gasteiger partial charge in [0.15, 0.2) is 0 Å². The van der Waals surface area contributed by atoms with Crippen molar-refractivity contribution in [2.24, 2.45) is 12.0 Å². The summed E-state index contributed by atoms with van der Waals surface area (Å²) in [5, 5.41) is 13.5. The van der Waals surface area contributed by atoms with E-state index in [4.69, 9.17) is 4.99 Å². The predicted molar refractivity (Wildman–Crippen MR) is 176 cm³/mol. The highest BCUT2D eigenvalue weighted by Gasteiger charge is 2.29. The zero-order valence-electron chi connectivity index (χ0n) is 24.5. The molecule has 0 saturated heterocycles. The van der Waals surface area contributed by atoms with Gasteiger partial charge in [-0.1, -0.05) is 38.1 Å². The molecule has 0 bridgehead atoms. The number of aliphatic imine (C=N–C) groups is 1. The predicted octanol–water partition coefficient (Wildman–Crippen LogP) is 5.62. The minimum absolute atomic E-state index is 0.0290. The van der Waals surface area contributed by atoms with E-state index in [2.05, 4.69) is 120 Å². The van der Waals surface area contributed by atoms with Crippen LogP contribution >= 0.6 is 11.8 Å². The number of thioether (sulfide) groups is 1. The number of nitrogens with zero attached hydrogens (tertiary/aromatic N) is 4. The number of hydrogen-bond donors (Lipinski definition) is 3. The van der Waals surface area contributed by atoms with Crippen molar-refractivity contribution in [3.63, 3.8) is 0 Å². The van der Waals surface area contributed by atoms with Crippen LogP contribution in [0.2, 0.25) is 0 Å². The van der Waals surface area contributed by atoms with Gasteiger partial charge in [0.1, 0.15) is 5.37 Å². The Bertz CT molecular complexity index is 1570. The summed E-state index contributed by atoms with van der Waals surface area (Å²) < 4.78 is 2.17. The third-order valence-corrected chi connectivity index (χ3v) is 8.31. The second-order valence-electron chi connectivity index (χ2n) is 10.7. The van der Waals surface area contributed by atoms with Crippen LogP contribution < -0.4 is 20.9 Å². The number of fused-ring (bicyclic) bond motifs is 2. The number of anilines is 3. The molecule has 1 atom stereocenters. The number of rotatable bonds is 10. The van der Waals surface area contributed by atoms with Crippen molar-refractivity contribution in [2.75, 3.05) is 49.8 Å². The fourth-order valence-corrected chi connectivity index (χ4v) is 6.12. The van der Waals surface area contributed by atoms with Crippen LogP contribution in [0.15, 0.2) is 77.3 Å². The van der Waals surface area contributed by atoms with E-state index in [9.17, 15) is 4.79 Å². The van der Waals surface area contributed by atoms with Crippen LogP contribution in [0.25, 0.3) is 16.6 Å². The third-order valence-electron chi connectivity index (χ3n) is 7.40. The first-order valence-corrected chi connectivity index (χ1v) is 14.9. The summed E-state index contributed by atoms with van der Waals surface area (Å²) in [5.41, 5.74) is 8.35. The molecule has 0 aliphatic carbocycles. The lowest BCUT2D eigenvalue weighted by Crippen LogP contribution is -2.35. The normalized spacial score (nSPS) is 16.0. The van der Waals surface area contributed by atoms with E-state index in [-0.39, 0.29) is 11.3 Å². The summed E-state index contributed by atoms with van der Waals surface area (Å²) >= 11 is 1.70. The minimum Gasteiger partial charge on any atom is -0.372 e. The van der Waals surface area contributed by atoms with Gasteiger partial charge in [0.2, 0.25) is 11.9 Å². The van der Waals surface area contributed by atoms with Crippen LogP contribution in [-0.2, 0) is 18.3 Å². The number of likely N-dealkylation sites (N-methyl/N-ethyl adjacent to an activating group) is 2. The zero-order valence-corrected chi connectivity index (χ0v) is 25.3. The van der Waals surface area contributed by atoms with Crippen LogP contribution in [0.4, 0.5) is 17.1 Å². The minimum atomic E-state index is -0.242. The maximum atomic E-state index is 12.4. The molecule has 9 heteroatoms. The molecule has 5 rings (SSSR count). The van der Waals surface area contributed by atoms with E-state index in [1.165, 1.54) is 28.1 Å². The molecule has 2 aliphatic heterocycles. The Labute approximate surface area is 246 Å². The highest BCUT2D eigenvalue weighted by molar-refractivity contribution is 8.03. The number of para-hydroxylation sites is 1. The van der Waals surface area contributed by atoms with Gasteiger partial charge in [-0.15, -0.1) is 11.8 Å². The van der Waals surface area contributed by atoms with Crippen molar-refractivity contribution in [3.8, 4) is 0 Å². The van der Waals surface area contributed by atoms with Crippen molar-refractivity contribution in [3.05, 3.63) is 83.4 Å². The number of nitrogens with one attached hydrogen (secondary N) is 3. The number of guanidine groups is 1. The van der Waals surface area contributed by atoms with Crippen molar-refractivity contribution in [1.29, 1.82) is 0 Å². The van der Waals surface area contributed by atoms with Gasteiger partial charge in [-0.05, 0) is 61.8 Å². The Morgan fingerprint density at radius 1 is 1.20 bits per heavy atom. The molecular weight excluding hydrogens is 530 g/mol. The maximum absolute atomic E-state index is 12.4. The molecule has 0 fully saturated rings. The monoisotopic (exact) mass is 569 g/mol. The zero-order chi connectivity index (χ0) is 29.1. The number of carbonyl (C=O) groups excluding carboxylic acids is 1. The fourth-order valence-electron chi connectivity index (χ4n) is 5.24. The standard InChI is InChI=1S/C32H39N7OS/c1-7-11-21-18-28(38(5)16-15-37(3)4)26(33-29(40)8-2)19-25(21)34-32-35-30(23-14-17-41-31(23)36-32)24-20-39(6)27-13-10-9-12-22(24)27/h8-10,12-14,17-20,31H,2,7,11,15-16H2,1,3-6H3,(H,33,40)(H2,34,35,36). The summed E-state index contributed by atoms with van der Waals surface area (Å²) in [5.74, 6) is 0.443. The molecule has 214 valence electrons. The molecule has 2 aromatic carbocycles. The molecule has 3 aromatic rings. The van der Waals surface area contributed by atoms with Gasteiger partial charge in [0.25, 0.3) is 0 Å². The lowest BCUT2D eigenvalue weighted by atomic mass is 10.0. The van der Waals surface area contributed by atoms with Crippen molar-refractivity contribution in [2.45, 2.75) is 25.1 Å². The first kappa shape index (κ1) is 28.6. The highest BCUT2D eigenvalue weighted by Crippen LogP contribution is 2.39. The first-order valence-electron chi connectivity index (χ1n) is 14.0. The molecule has 0 radical (unpaired) electrons. The number of carbonyl (C=O) groups is 1. The van der Waals surface area contributed by atoms with Crippen LogP contribution in [0.5, 0.6) is 0 Å². The smallest absolute Gasteiger partial charge is 0.247 e. The number of hydrogen-bond acceptors (Lipinski definition) is 7. The molecule has 1 amide bonds. The largest absolute Gasteiger partial charge is 0.372 e. The summed E-state index contributed by atoms with van der Waals surface area (Å²) in [6.45, 7) is 7.55. The fraction of sp³-hybridized carbons (Fsp3) is 0.312. The highest BCUT2D eigenvalue weighted by atomic mass is 32.2. The van der Waals surface area contributed by atoms with E-state index in [1.807, 2.05) is 6.07 Å². The molecule has 1 unspecified atom stereocenters. The molecule has 1 aromatic heterocycles. The molecule has 0 saturated carbocycles. The SMILES string of the molecule is C=CC(=O)Nc1cc(NC2=NC3SC=CC3=C(c3cn(C)c4ccccc34)N2)c(CCC)cc1N(C)CCN(C)C. The summed E-state index contributed by atoms with van der Waals surface area (Å²) in [6, 6.07) is 12.7. The van der Waals surface area contributed by atoms with Gasteiger partial charge in [-0.3, -0.25) is 4.79 Å². The Morgan fingerprint density at radius 2 is 2.00 bits per heavy atom. The molecule has 8 nitrogen and oxygen atoms in total. The second kappa shape index (κ2) is 12.3. The lowest BCUT2D eigenvalue weighted by Gasteiger charge is -2.28. The van der Waals surface area contributed by atoms with Gasteiger partial charge in [-0.2, -0.15) is 0 Å². The third kappa shape index (κ3) is 6.06. The van der Waals surface area contributed by atoms with Gasteiger partial charge in [-0.25, -0.2) is 4.99 Å². The summed E-state index contributed by atoms with van der Waals surface area (Å²) in [6.07, 6.45) is 7.51. The molecular formula is C32H39N7OS. The number of benzene rings is 2. The van der Waals surface area contributed by atoms with Crippen LogP contribution in [-0.4, -0.2) is 60.9 Å². The number of aryl methyl sites for hydroxylation is 2. The van der Waals surface area contributed by atoms with Gasteiger partial charge >= 0.3 is 0 Å². The van der Waals surface area contributed by atoms with Crippen molar-refractivity contribution in [1.82, 2.24) is 14.8 Å². The van der Waals surface area contributed by atoms with Crippen molar-refractivity contribution < 1.29 is 4.79 Å². The molecule has 0 spiro atoms. The quantitative estimate of drug-likeness (QED) is 0.275. The van der Waals surface area contributed by atoms with E-state index < -0.39 is 0 Å². The molecule has 41 heavy (non-hydrogen) atoms. The Morgan fingerprint density at radius 3 is 2.76 bits per heavy atom. The Kier molecular flexibility index (Phi) is 8.56. The second-order valence-corrected chi connectivity index (χ2v) is 11.7. The first-order chi connectivity index (χ1) is 19.8. The van der Waals surface area contributed by atoms with E-state index in [0.29, 0.717) is 5.96 Å². The van der Waals surface area contributed by atoms with Gasteiger partial charge < -0.3 is 30.3 Å². The van der Waals surface area contributed by atoms with Crippen LogP contribution in [0, 0.1) is 0 Å². The Hall–Kier alpha value is -3.95. The number of aromatic nitrogens is 1. The van der Waals surface area contributed by atoms with Crippen LogP contribution in [0.1, 0.15) is 24.5 Å². The molecule has 3 N–H and O–H groups in total. The average Bonchev–Trinajstić information content (AvgIpc) is 3.57. The van der Waals surface area contributed by atoms with Gasteiger partial charge in [0, 0.05) is 61.1 Å². The van der Waals surface area contributed by atoms with E-state index >= 15 is 0 Å². The van der Waals surface area contributed by atoms with Crippen molar-refractivity contribution >= 4 is 57.3 Å². The lowest BCUT2D eigenvalue weighted by molar-refractivity contribution is -0.111. The van der Waals surface area contributed by atoms with E-state index in [0.717, 1.165) is 54.3 Å². The molecule has 3 heterocycles. The van der Waals surface area contributed by atoms with Crippen LogP contribution in [0.3, 0.4) is 0 Å². The topological polar surface area (TPSA) is 76.9 Å². The number of amides is 1. The maximum Gasteiger partial charge on any atom is 0.247 e. The van der Waals surface area contributed by atoms with E-state index in [1.54, 1.807) is 11.8 Å². The summed E-state index contributed by atoms with van der Waals surface area (Å²) in [4.78, 5) is 21.8. The average molecular weight is 570 g/mol. The summed E-state index contributed by atoms with van der Waals surface area (Å²) in [7, 11) is 8.26. The van der Waals surface area contributed by atoms with Gasteiger partial charge in [0.05, 0.1) is 17.1 Å². The molecule has 2 aliphatic rings.